The maximum Gasteiger partial charge on any atom is 0.343 e. The standard InChI is InChI=1S/C25H27BrN2O6S2/c1-32-18-6-16(17(26)8-19(18)34-12-21(29)33-2)7-20-22(30)28(24(35)36-20)27-23(31)25-9-13-3-14(10-25)5-15(4-13)11-25/h6-8,13-15H,3-5,9-12H2,1-2H3,(H,27,31)/b20-7+. The molecule has 5 fully saturated rings. The average molecular weight is 596 g/mol. The van der Waals surface area contributed by atoms with Gasteiger partial charge in [0.05, 0.1) is 24.5 Å². The van der Waals surface area contributed by atoms with Crippen molar-refractivity contribution in [2.45, 2.75) is 38.5 Å². The molecule has 6 rings (SSSR count). The molecule has 1 aliphatic heterocycles. The summed E-state index contributed by atoms with van der Waals surface area (Å²) in [7, 11) is 2.77. The minimum absolute atomic E-state index is 0.0749. The largest absolute Gasteiger partial charge is 0.493 e. The summed E-state index contributed by atoms with van der Waals surface area (Å²) in [4.78, 5) is 38.5. The van der Waals surface area contributed by atoms with Crippen molar-refractivity contribution in [3.8, 4) is 11.5 Å². The zero-order valence-corrected chi connectivity index (χ0v) is 23.2. The first-order valence-electron chi connectivity index (χ1n) is 11.9. The minimum atomic E-state index is -0.517. The number of thioether (sulfide) groups is 1. The molecule has 0 atom stereocenters. The summed E-state index contributed by atoms with van der Waals surface area (Å²) in [5, 5.41) is 1.21. The van der Waals surface area contributed by atoms with Gasteiger partial charge in [-0.1, -0.05) is 27.7 Å². The average Bonchev–Trinajstić information content (AvgIpc) is 3.10. The van der Waals surface area contributed by atoms with Gasteiger partial charge in [-0.05, 0) is 92.3 Å². The molecule has 11 heteroatoms. The summed E-state index contributed by atoms with van der Waals surface area (Å²) in [6.07, 6.45) is 8.13. The highest BCUT2D eigenvalue weighted by atomic mass is 79.9. The van der Waals surface area contributed by atoms with Gasteiger partial charge in [-0.2, -0.15) is 5.01 Å². The Kier molecular flexibility index (Phi) is 7.08. The summed E-state index contributed by atoms with van der Waals surface area (Å²) in [6.45, 7) is -0.263. The normalized spacial score (nSPS) is 29.6. The van der Waals surface area contributed by atoms with E-state index < -0.39 is 5.97 Å². The maximum absolute atomic E-state index is 13.5. The molecule has 192 valence electrons. The summed E-state index contributed by atoms with van der Waals surface area (Å²) in [5.74, 6) is 1.66. The fraction of sp³-hybridized carbons (Fsp3) is 0.520. The second kappa shape index (κ2) is 9.98. The van der Waals surface area contributed by atoms with Crippen molar-refractivity contribution in [3.63, 3.8) is 0 Å². The first-order valence-corrected chi connectivity index (χ1v) is 13.9. The Balaban J connectivity index is 1.32. The fourth-order valence-corrected chi connectivity index (χ4v) is 8.05. The van der Waals surface area contributed by atoms with Gasteiger partial charge >= 0.3 is 5.97 Å². The molecular weight excluding hydrogens is 568 g/mol. The number of benzene rings is 1. The quantitative estimate of drug-likeness (QED) is 0.281. The van der Waals surface area contributed by atoms with Gasteiger partial charge in [-0.3, -0.25) is 15.0 Å². The Morgan fingerprint density at radius 2 is 1.81 bits per heavy atom. The number of rotatable bonds is 7. The highest BCUT2D eigenvalue weighted by Crippen LogP contribution is 2.60. The number of thiocarbonyl (C=S) groups is 1. The van der Waals surface area contributed by atoms with Gasteiger partial charge in [0.1, 0.15) is 0 Å². The van der Waals surface area contributed by atoms with Crippen LogP contribution in [-0.4, -0.2) is 47.9 Å². The lowest BCUT2D eigenvalue weighted by atomic mass is 9.49. The number of hydrogen-bond donors (Lipinski definition) is 1. The summed E-state index contributed by atoms with van der Waals surface area (Å²) in [6, 6.07) is 3.35. The Morgan fingerprint density at radius 3 is 2.39 bits per heavy atom. The number of nitrogens with one attached hydrogen (secondary N) is 1. The zero-order valence-electron chi connectivity index (χ0n) is 20.0. The van der Waals surface area contributed by atoms with Gasteiger partial charge in [0, 0.05) is 4.47 Å². The molecule has 0 unspecified atom stereocenters. The minimum Gasteiger partial charge on any atom is -0.493 e. The fourth-order valence-electron chi connectivity index (χ4n) is 6.44. The van der Waals surface area contributed by atoms with E-state index in [-0.39, 0.29) is 23.8 Å². The predicted octanol–water partition coefficient (Wildman–Crippen LogP) is 4.46. The van der Waals surface area contributed by atoms with Crippen molar-refractivity contribution in [3.05, 3.63) is 27.1 Å². The van der Waals surface area contributed by atoms with Crippen molar-refractivity contribution >= 4 is 68.1 Å². The lowest BCUT2D eigenvalue weighted by molar-refractivity contribution is -0.152. The molecule has 2 amide bonds. The molecule has 1 heterocycles. The van der Waals surface area contributed by atoms with Gasteiger partial charge < -0.3 is 14.2 Å². The lowest BCUT2D eigenvalue weighted by Gasteiger charge is -2.55. The van der Waals surface area contributed by atoms with Crippen LogP contribution in [-0.2, 0) is 19.1 Å². The predicted molar refractivity (Wildman–Crippen MR) is 142 cm³/mol. The molecule has 4 aliphatic carbocycles. The number of esters is 1. The van der Waals surface area contributed by atoms with Gasteiger partial charge in [-0.25, -0.2) is 4.79 Å². The van der Waals surface area contributed by atoms with Crippen LogP contribution in [0.25, 0.3) is 6.08 Å². The molecule has 0 spiro atoms. The van der Waals surface area contributed by atoms with Crippen molar-refractivity contribution in [1.29, 1.82) is 0 Å². The molecule has 1 N–H and O–H groups in total. The number of carbonyl (C=O) groups excluding carboxylic acids is 3. The molecule has 4 saturated carbocycles. The molecule has 5 aliphatic rings. The smallest absolute Gasteiger partial charge is 0.343 e. The van der Waals surface area contributed by atoms with Crippen molar-refractivity contribution in [2.24, 2.45) is 23.2 Å². The summed E-state index contributed by atoms with van der Waals surface area (Å²) in [5.41, 5.74) is 3.15. The van der Waals surface area contributed by atoms with E-state index in [0.29, 0.717) is 48.5 Å². The maximum atomic E-state index is 13.5. The number of ether oxygens (including phenoxy) is 3. The number of hydrogen-bond acceptors (Lipinski definition) is 8. The molecule has 8 nitrogen and oxygen atoms in total. The Bertz CT molecular complexity index is 1130. The SMILES string of the molecule is COC(=O)COc1cc(Br)c(/C=C2/SC(=S)N(NC(=O)C34CC5CC(CC(C5)C3)C4)C2=O)cc1OC. The highest BCUT2D eigenvalue weighted by molar-refractivity contribution is 9.10. The van der Waals surface area contributed by atoms with Crippen LogP contribution in [0, 0.1) is 23.2 Å². The van der Waals surface area contributed by atoms with Crippen molar-refractivity contribution in [2.75, 3.05) is 20.8 Å². The van der Waals surface area contributed by atoms with E-state index in [4.69, 9.17) is 21.7 Å². The molecule has 0 aromatic heterocycles. The van der Waals surface area contributed by atoms with Crippen LogP contribution in [0.15, 0.2) is 21.5 Å². The van der Waals surface area contributed by atoms with Crippen LogP contribution in [0.2, 0.25) is 0 Å². The van der Waals surface area contributed by atoms with E-state index in [2.05, 4.69) is 26.1 Å². The summed E-state index contributed by atoms with van der Waals surface area (Å²) >= 11 is 10.1. The molecule has 1 saturated heterocycles. The molecule has 4 bridgehead atoms. The van der Waals surface area contributed by atoms with E-state index in [1.807, 2.05) is 0 Å². The highest BCUT2D eigenvalue weighted by Gasteiger charge is 2.55. The van der Waals surface area contributed by atoms with E-state index in [1.54, 1.807) is 18.2 Å². The van der Waals surface area contributed by atoms with Gasteiger partial charge in [-0.15, -0.1) is 0 Å². The second-order valence-electron chi connectivity index (χ2n) is 10.0. The van der Waals surface area contributed by atoms with Gasteiger partial charge in [0.25, 0.3) is 5.91 Å². The van der Waals surface area contributed by atoms with Crippen LogP contribution >= 0.6 is 39.9 Å². The number of halogens is 1. The number of amides is 2. The third-order valence-corrected chi connectivity index (χ3v) is 9.66. The monoisotopic (exact) mass is 594 g/mol. The van der Waals surface area contributed by atoms with Crippen molar-refractivity contribution in [1.82, 2.24) is 10.4 Å². The van der Waals surface area contributed by atoms with Crippen LogP contribution in [0.5, 0.6) is 11.5 Å². The first-order chi connectivity index (χ1) is 17.2. The molecular formula is C25H27BrN2O6S2. The third kappa shape index (κ3) is 4.77. The van der Waals surface area contributed by atoms with E-state index >= 15 is 0 Å². The van der Waals surface area contributed by atoms with E-state index in [1.165, 1.54) is 38.5 Å². The zero-order chi connectivity index (χ0) is 25.6. The second-order valence-corrected chi connectivity index (χ2v) is 12.6. The molecule has 36 heavy (non-hydrogen) atoms. The van der Waals surface area contributed by atoms with Gasteiger partial charge in [0.15, 0.2) is 22.4 Å². The van der Waals surface area contributed by atoms with Gasteiger partial charge in [0.2, 0.25) is 5.91 Å². The van der Waals surface area contributed by atoms with E-state index in [9.17, 15) is 14.4 Å². The summed E-state index contributed by atoms with van der Waals surface area (Å²) < 4.78 is 16.4. The molecule has 1 aromatic rings. The number of carbonyl (C=O) groups is 3. The number of hydrazine groups is 1. The topological polar surface area (TPSA) is 94.2 Å². The molecule has 0 radical (unpaired) electrons. The third-order valence-electron chi connectivity index (χ3n) is 7.67. The molecule has 1 aromatic carbocycles. The van der Waals surface area contributed by atoms with E-state index in [0.717, 1.165) is 31.0 Å². The number of nitrogens with zero attached hydrogens (tertiary/aromatic N) is 1. The van der Waals surface area contributed by atoms with Crippen LogP contribution < -0.4 is 14.9 Å². The Labute approximate surface area is 227 Å². The Hall–Kier alpha value is -2.11. The van der Waals surface area contributed by atoms with Crippen LogP contribution in [0.4, 0.5) is 0 Å². The van der Waals surface area contributed by atoms with Crippen molar-refractivity contribution < 1.29 is 28.6 Å². The van der Waals surface area contributed by atoms with Crippen LogP contribution in [0.3, 0.4) is 0 Å². The number of methoxy groups -OCH3 is 2. The first kappa shape index (κ1) is 25.5. The lowest BCUT2D eigenvalue weighted by Crippen LogP contribution is -2.57. The Morgan fingerprint density at radius 1 is 1.17 bits per heavy atom. The van der Waals surface area contributed by atoms with Crippen LogP contribution in [0.1, 0.15) is 44.1 Å².